The van der Waals surface area contributed by atoms with E-state index in [1.807, 2.05) is 0 Å². The van der Waals surface area contributed by atoms with Crippen molar-refractivity contribution in [2.45, 2.75) is 25.5 Å². The van der Waals surface area contributed by atoms with Gasteiger partial charge in [0.2, 0.25) is 0 Å². The zero-order valence-corrected chi connectivity index (χ0v) is 8.76. The molecule has 5 N–H and O–H groups in total. The summed E-state index contributed by atoms with van der Waals surface area (Å²) in [6.07, 6.45) is 0.196. The Morgan fingerprint density at radius 1 is 1.44 bits per heavy atom. The smallest absolute Gasteiger partial charge is 0.303 e. The van der Waals surface area contributed by atoms with Gasteiger partial charge in [-0.3, -0.25) is 4.79 Å². The van der Waals surface area contributed by atoms with E-state index in [1.165, 1.54) is 0 Å². The Kier molecular flexibility index (Phi) is 4.28. The second kappa shape index (κ2) is 5.48. The molecule has 0 aliphatic heterocycles. The lowest BCUT2D eigenvalue weighted by Gasteiger charge is -2.14. The molecule has 16 heavy (non-hydrogen) atoms. The first-order valence-corrected chi connectivity index (χ1v) is 4.95. The van der Waals surface area contributed by atoms with Gasteiger partial charge in [0.15, 0.2) is 0 Å². The van der Waals surface area contributed by atoms with Gasteiger partial charge in [0.1, 0.15) is 5.75 Å². The summed E-state index contributed by atoms with van der Waals surface area (Å²) in [5.41, 5.74) is 6.62. The van der Waals surface area contributed by atoms with Crippen molar-refractivity contribution in [3.05, 3.63) is 29.3 Å². The highest BCUT2D eigenvalue weighted by Crippen LogP contribution is 2.28. The maximum Gasteiger partial charge on any atom is 0.303 e. The second-order valence-electron chi connectivity index (χ2n) is 3.55. The largest absolute Gasteiger partial charge is 0.507 e. The number of aliphatic carboxylic acids is 1. The van der Waals surface area contributed by atoms with E-state index in [1.54, 1.807) is 18.2 Å². The number of carboxylic acid groups (broad SMARTS) is 1. The van der Waals surface area contributed by atoms with Crippen molar-refractivity contribution in [1.29, 1.82) is 0 Å². The van der Waals surface area contributed by atoms with E-state index < -0.39 is 12.0 Å². The predicted octanol–water partition coefficient (Wildman–Crippen LogP) is 0.749. The normalized spacial score (nSPS) is 12.4. The minimum Gasteiger partial charge on any atom is -0.507 e. The summed E-state index contributed by atoms with van der Waals surface area (Å²) in [6, 6.07) is 4.34. The molecule has 1 aromatic carbocycles. The van der Waals surface area contributed by atoms with Gasteiger partial charge >= 0.3 is 5.97 Å². The van der Waals surface area contributed by atoms with Crippen molar-refractivity contribution in [3.8, 4) is 5.75 Å². The zero-order valence-electron chi connectivity index (χ0n) is 8.76. The first kappa shape index (κ1) is 12.5. The van der Waals surface area contributed by atoms with Crippen LogP contribution in [0.5, 0.6) is 5.75 Å². The van der Waals surface area contributed by atoms with E-state index in [0.29, 0.717) is 11.1 Å². The number of phenols is 1. The molecule has 5 nitrogen and oxygen atoms in total. The Morgan fingerprint density at radius 3 is 2.69 bits per heavy atom. The van der Waals surface area contributed by atoms with Gasteiger partial charge in [0.25, 0.3) is 0 Å². The number of para-hydroxylation sites is 1. The lowest BCUT2D eigenvalue weighted by atomic mass is 9.99. The Morgan fingerprint density at radius 2 is 2.12 bits per heavy atom. The third-order valence-electron chi connectivity index (χ3n) is 2.39. The molecule has 0 saturated heterocycles. The van der Waals surface area contributed by atoms with Gasteiger partial charge in [-0.25, -0.2) is 0 Å². The van der Waals surface area contributed by atoms with Crippen molar-refractivity contribution < 1.29 is 20.1 Å². The number of nitrogens with two attached hydrogens (primary N) is 1. The van der Waals surface area contributed by atoms with Crippen LogP contribution in [0.4, 0.5) is 0 Å². The first-order chi connectivity index (χ1) is 7.56. The molecule has 0 fully saturated rings. The molecule has 1 atom stereocenters. The van der Waals surface area contributed by atoms with Gasteiger partial charge in [0, 0.05) is 23.6 Å². The fourth-order valence-electron chi connectivity index (χ4n) is 1.47. The quantitative estimate of drug-likeness (QED) is 0.592. The fourth-order valence-corrected chi connectivity index (χ4v) is 1.47. The summed E-state index contributed by atoms with van der Waals surface area (Å²) in [5, 5.41) is 27.2. The van der Waals surface area contributed by atoms with Crippen LogP contribution in [0, 0.1) is 0 Å². The van der Waals surface area contributed by atoms with Crippen LogP contribution in [0.25, 0.3) is 0 Å². The average Bonchev–Trinajstić information content (AvgIpc) is 2.26. The highest BCUT2D eigenvalue weighted by atomic mass is 16.4. The molecular weight excluding hydrogens is 210 g/mol. The van der Waals surface area contributed by atoms with Crippen molar-refractivity contribution in [1.82, 2.24) is 0 Å². The highest BCUT2D eigenvalue weighted by Gasteiger charge is 2.14. The van der Waals surface area contributed by atoms with Crippen molar-refractivity contribution in [2.75, 3.05) is 0 Å². The Bertz CT molecular complexity index is 378. The number of benzene rings is 1. The van der Waals surface area contributed by atoms with E-state index in [-0.39, 0.29) is 25.2 Å². The van der Waals surface area contributed by atoms with Crippen LogP contribution in [0.15, 0.2) is 18.2 Å². The molecule has 0 spiro atoms. The van der Waals surface area contributed by atoms with Crippen LogP contribution in [0.2, 0.25) is 0 Å². The van der Waals surface area contributed by atoms with Crippen LogP contribution in [0.3, 0.4) is 0 Å². The van der Waals surface area contributed by atoms with Crippen LogP contribution in [-0.2, 0) is 11.4 Å². The fraction of sp³-hybridized carbons (Fsp3) is 0.364. The molecule has 1 aromatic rings. The van der Waals surface area contributed by atoms with Crippen LogP contribution in [-0.4, -0.2) is 21.3 Å². The SMILES string of the molecule is NC(CCC(=O)O)c1cccc(CO)c1O. The predicted molar refractivity (Wildman–Crippen MR) is 57.8 cm³/mol. The highest BCUT2D eigenvalue weighted by molar-refractivity contribution is 5.66. The minimum atomic E-state index is -0.923. The molecule has 1 rings (SSSR count). The molecule has 0 saturated carbocycles. The number of aliphatic hydroxyl groups excluding tert-OH is 1. The number of hydrogen-bond acceptors (Lipinski definition) is 4. The van der Waals surface area contributed by atoms with Gasteiger partial charge in [-0.2, -0.15) is 0 Å². The molecule has 0 aliphatic carbocycles. The summed E-state index contributed by atoms with van der Waals surface area (Å²) < 4.78 is 0. The topological polar surface area (TPSA) is 104 Å². The van der Waals surface area contributed by atoms with E-state index in [2.05, 4.69) is 0 Å². The maximum atomic E-state index is 10.4. The molecule has 0 heterocycles. The lowest BCUT2D eigenvalue weighted by Crippen LogP contribution is -2.13. The summed E-state index contributed by atoms with van der Waals surface area (Å²) in [6.45, 7) is -0.272. The summed E-state index contributed by atoms with van der Waals surface area (Å²) in [7, 11) is 0. The molecule has 88 valence electrons. The van der Waals surface area contributed by atoms with Crippen molar-refractivity contribution in [2.24, 2.45) is 5.73 Å². The van der Waals surface area contributed by atoms with E-state index in [9.17, 15) is 9.90 Å². The van der Waals surface area contributed by atoms with Crippen molar-refractivity contribution in [3.63, 3.8) is 0 Å². The molecule has 5 heteroatoms. The number of aliphatic hydroxyl groups is 1. The van der Waals surface area contributed by atoms with Gasteiger partial charge in [-0.05, 0) is 6.42 Å². The summed E-state index contributed by atoms with van der Waals surface area (Å²) in [5.74, 6) is -0.976. The molecule has 0 radical (unpaired) electrons. The van der Waals surface area contributed by atoms with Gasteiger partial charge in [-0.15, -0.1) is 0 Å². The molecule has 0 aliphatic rings. The Labute approximate surface area is 93.1 Å². The molecular formula is C11H15NO4. The molecule has 0 bridgehead atoms. The van der Waals surface area contributed by atoms with Gasteiger partial charge < -0.3 is 21.1 Å². The molecule has 0 amide bonds. The first-order valence-electron chi connectivity index (χ1n) is 4.95. The monoisotopic (exact) mass is 225 g/mol. The van der Waals surface area contributed by atoms with Gasteiger partial charge in [0.05, 0.1) is 6.61 Å². The van der Waals surface area contributed by atoms with Crippen molar-refractivity contribution >= 4 is 5.97 Å². The number of hydrogen-bond donors (Lipinski definition) is 4. The van der Waals surface area contributed by atoms with Crippen LogP contribution >= 0.6 is 0 Å². The number of rotatable bonds is 5. The van der Waals surface area contributed by atoms with Gasteiger partial charge in [-0.1, -0.05) is 18.2 Å². The van der Waals surface area contributed by atoms with E-state index in [4.69, 9.17) is 15.9 Å². The van der Waals surface area contributed by atoms with Crippen LogP contribution in [0.1, 0.15) is 30.0 Å². The lowest BCUT2D eigenvalue weighted by molar-refractivity contribution is -0.137. The van der Waals surface area contributed by atoms with E-state index >= 15 is 0 Å². The Balaban J connectivity index is 2.82. The third kappa shape index (κ3) is 2.95. The number of aromatic hydroxyl groups is 1. The summed E-state index contributed by atoms with van der Waals surface area (Å²) in [4.78, 5) is 10.4. The van der Waals surface area contributed by atoms with E-state index in [0.717, 1.165) is 0 Å². The molecule has 0 aromatic heterocycles. The Hall–Kier alpha value is -1.59. The number of carboxylic acids is 1. The third-order valence-corrected chi connectivity index (χ3v) is 2.39. The molecule has 1 unspecified atom stereocenters. The summed E-state index contributed by atoms with van der Waals surface area (Å²) >= 11 is 0. The minimum absolute atomic E-state index is 0.0516. The average molecular weight is 225 g/mol. The number of carbonyl (C=O) groups is 1. The second-order valence-corrected chi connectivity index (χ2v) is 3.55. The maximum absolute atomic E-state index is 10.4. The standard InChI is InChI=1S/C11H15NO4/c12-9(4-5-10(14)15)8-3-1-2-7(6-13)11(8)16/h1-3,9,13,16H,4-6,12H2,(H,14,15). The van der Waals surface area contributed by atoms with Crippen LogP contribution < -0.4 is 5.73 Å². The zero-order chi connectivity index (χ0) is 12.1.